The lowest BCUT2D eigenvalue weighted by molar-refractivity contribution is 0.135. The van der Waals surface area contributed by atoms with Gasteiger partial charge in [-0.2, -0.15) is 0 Å². The van der Waals surface area contributed by atoms with E-state index in [1.807, 2.05) is 0 Å². The van der Waals surface area contributed by atoms with Gasteiger partial charge in [0.25, 0.3) is 0 Å². The van der Waals surface area contributed by atoms with Gasteiger partial charge in [-0.05, 0) is 50.6 Å². The SMILES string of the molecule is NCCC1(CN2CCCC2CO)CC1. The summed E-state index contributed by atoms with van der Waals surface area (Å²) in [6, 6.07) is 0.435. The van der Waals surface area contributed by atoms with E-state index in [0.717, 1.165) is 6.54 Å². The smallest absolute Gasteiger partial charge is 0.0586 e. The monoisotopic (exact) mass is 198 g/mol. The number of likely N-dealkylation sites (tertiary alicyclic amines) is 1. The summed E-state index contributed by atoms with van der Waals surface area (Å²) in [5.74, 6) is 0. The average molecular weight is 198 g/mol. The van der Waals surface area contributed by atoms with Gasteiger partial charge in [-0.3, -0.25) is 4.90 Å². The number of aliphatic hydroxyl groups excluding tert-OH is 1. The topological polar surface area (TPSA) is 49.5 Å². The number of hydrogen-bond donors (Lipinski definition) is 2. The molecule has 1 atom stereocenters. The fraction of sp³-hybridized carbons (Fsp3) is 1.00. The molecule has 0 radical (unpaired) electrons. The second-order valence-electron chi connectivity index (χ2n) is 4.99. The minimum atomic E-state index is 0.332. The Morgan fingerprint density at radius 2 is 2.21 bits per heavy atom. The van der Waals surface area contributed by atoms with Gasteiger partial charge in [0.1, 0.15) is 0 Å². The maximum atomic E-state index is 9.22. The molecule has 2 fully saturated rings. The first-order valence-corrected chi connectivity index (χ1v) is 5.85. The minimum Gasteiger partial charge on any atom is -0.395 e. The summed E-state index contributed by atoms with van der Waals surface area (Å²) in [5, 5.41) is 9.22. The quantitative estimate of drug-likeness (QED) is 0.679. The summed E-state index contributed by atoms with van der Waals surface area (Å²) < 4.78 is 0. The third-order valence-electron chi connectivity index (χ3n) is 3.88. The van der Waals surface area contributed by atoms with Crippen molar-refractivity contribution in [1.29, 1.82) is 0 Å². The van der Waals surface area contributed by atoms with Crippen LogP contribution in [0.5, 0.6) is 0 Å². The Morgan fingerprint density at radius 3 is 2.79 bits per heavy atom. The van der Waals surface area contributed by atoms with Crippen LogP contribution in [0.1, 0.15) is 32.1 Å². The van der Waals surface area contributed by atoms with Gasteiger partial charge in [-0.15, -0.1) is 0 Å². The van der Waals surface area contributed by atoms with Gasteiger partial charge >= 0.3 is 0 Å². The summed E-state index contributed by atoms with van der Waals surface area (Å²) in [6.07, 6.45) is 6.29. The van der Waals surface area contributed by atoms with Crippen LogP contribution in [0.4, 0.5) is 0 Å². The molecule has 1 saturated heterocycles. The van der Waals surface area contributed by atoms with E-state index in [0.29, 0.717) is 18.1 Å². The van der Waals surface area contributed by atoms with Crippen LogP contribution in [-0.2, 0) is 0 Å². The van der Waals surface area contributed by atoms with Gasteiger partial charge in [0.15, 0.2) is 0 Å². The largest absolute Gasteiger partial charge is 0.395 e. The zero-order valence-corrected chi connectivity index (χ0v) is 8.91. The van der Waals surface area contributed by atoms with E-state index in [-0.39, 0.29) is 0 Å². The van der Waals surface area contributed by atoms with Crippen LogP contribution in [-0.4, -0.2) is 42.3 Å². The van der Waals surface area contributed by atoms with Gasteiger partial charge < -0.3 is 10.8 Å². The van der Waals surface area contributed by atoms with Crippen molar-refractivity contribution < 1.29 is 5.11 Å². The van der Waals surface area contributed by atoms with Crippen LogP contribution < -0.4 is 5.73 Å². The highest BCUT2D eigenvalue weighted by atomic mass is 16.3. The summed E-state index contributed by atoms with van der Waals surface area (Å²) in [4.78, 5) is 2.47. The number of hydrogen-bond acceptors (Lipinski definition) is 3. The molecular formula is C11H22N2O. The van der Waals surface area contributed by atoms with Crippen LogP contribution in [0, 0.1) is 5.41 Å². The van der Waals surface area contributed by atoms with Crippen LogP contribution in [0.2, 0.25) is 0 Å². The van der Waals surface area contributed by atoms with E-state index in [1.54, 1.807) is 0 Å². The Kier molecular flexibility index (Phi) is 3.10. The second kappa shape index (κ2) is 4.17. The lowest BCUT2D eigenvalue weighted by Gasteiger charge is -2.27. The average Bonchev–Trinajstić information content (AvgIpc) is 2.79. The van der Waals surface area contributed by atoms with Crippen LogP contribution in [0.25, 0.3) is 0 Å². The first-order valence-electron chi connectivity index (χ1n) is 5.85. The molecular weight excluding hydrogens is 176 g/mol. The lowest BCUT2D eigenvalue weighted by atomic mass is 10.0. The van der Waals surface area contributed by atoms with Crippen molar-refractivity contribution in [2.45, 2.75) is 38.1 Å². The summed E-state index contributed by atoms with van der Waals surface area (Å²) in [5.41, 5.74) is 6.16. The molecule has 3 nitrogen and oxygen atoms in total. The van der Waals surface area contributed by atoms with Crippen molar-refractivity contribution in [3.63, 3.8) is 0 Å². The van der Waals surface area contributed by atoms with Crippen LogP contribution in [0.15, 0.2) is 0 Å². The van der Waals surface area contributed by atoms with Gasteiger partial charge in [0, 0.05) is 12.6 Å². The molecule has 1 heterocycles. The summed E-state index contributed by atoms with van der Waals surface area (Å²) in [7, 11) is 0. The van der Waals surface area contributed by atoms with Gasteiger partial charge in [0.2, 0.25) is 0 Å². The third-order valence-corrected chi connectivity index (χ3v) is 3.88. The maximum absolute atomic E-state index is 9.22. The molecule has 0 spiro atoms. The van der Waals surface area contributed by atoms with Crippen molar-refractivity contribution in [3.05, 3.63) is 0 Å². The van der Waals surface area contributed by atoms with E-state index < -0.39 is 0 Å². The van der Waals surface area contributed by atoms with Crippen molar-refractivity contribution in [2.75, 3.05) is 26.2 Å². The summed E-state index contributed by atoms with van der Waals surface area (Å²) in [6.45, 7) is 3.50. The molecule has 1 unspecified atom stereocenters. The van der Waals surface area contributed by atoms with Crippen molar-refractivity contribution >= 4 is 0 Å². The molecule has 1 saturated carbocycles. The maximum Gasteiger partial charge on any atom is 0.0586 e. The molecule has 3 heteroatoms. The second-order valence-corrected chi connectivity index (χ2v) is 4.99. The number of nitrogens with two attached hydrogens (primary N) is 1. The zero-order chi connectivity index (χ0) is 10.0. The molecule has 14 heavy (non-hydrogen) atoms. The van der Waals surface area contributed by atoms with Crippen LogP contribution >= 0.6 is 0 Å². The predicted molar refractivity (Wildman–Crippen MR) is 57.0 cm³/mol. The number of aliphatic hydroxyl groups is 1. The molecule has 2 aliphatic rings. The highest BCUT2D eigenvalue weighted by Gasteiger charge is 2.44. The summed E-state index contributed by atoms with van der Waals surface area (Å²) >= 11 is 0. The Labute approximate surface area is 86.3 Å². The molecule has 0 amide bonds. The van der Waals surface area contributed by atoms with Gasteiger partial charge in [0.05, 0.1) is 6.61 Å². The first kappa shape index (κ1) is 10.4. The molecule has 1 aliphatic carbocycles. The van der Waals surface area contributed by atoms with Crippen molar-refractivity contribution in [2.24, 2.45) is 11.1 Å². The van der Waals surface area contributed by atoms with E-state index in [9.17, 15) is 5.11 Å². The first-order chi connectivity index (χ1) is 6.79. The minimum absolute atomic E-state index is 0.332. The van der Waals surface area contributed by atoms with E-state index in [2.05, 4.69) is 4.90 Å². The Morgan fingerprint density at radius 1 is 1.43 bits per heavy atom. The highest BCUT2D eigenvalue weighted by Crippen LogP contribution is 2.49. The Hall–Kier alpha value is -0.120. The fourth-order valence-electron chi connectivity index (χ4n) is 2.71. The molecule has 0 bridgehead atoms. The Balaban J connectivity index is 1.84. The number of nitrogens with zero attached hydrogens (tertiary/aromatic N) is 1. The molecule has 82 valence electrons. The molecule has 3 N–H and O–H groups in total. The predicted octanol–water partition coefficient (Wildman–Crippen LogP) is 0.572. The molecule has 2 rings (SSSR count). The highest BCUT2D eigenvalue weighted by molar-refractivity contribution is 4.97. The lowest BCUT2D eigenvalue weighted by Crippen LogP contribution is -2.37. The molecule has 1 aliphatic heterocycles. The number of rotatable bonds is 5. The van der Waals surface area contributed by atoms with Crippen molar-refractivity contribution in [1.82, 2.24) is 4.90 Å². The fourth-order valence-corrected chi connectivity index (χ4v) is 2.71. The molecule has 0 aromatic rings. The normalized spacial score (nSPS) is 30.9. The molecule has 0 aromatic carbocycles. The third kappa shape index (κ3) is 2.10. The van der Waals surface area contributed by atoms with E-state index >= 15 is 0 Å². The molecule has 0 aromatic heterocycles. The van der Waals surface area contributed by atoms with E-state index in [4.69, 9.17) is 5.73 Å². The van der Waals surface area contributed by atoms with Gasteiger partial charge in [-0.25, -0.2) is 0 Å². The van der Waals surface area contributed by atoms with E-state index in [1.165, 1.54) is 45.2 Å². The Bertz CT molecular complexity index is 192. The van der Waals surface area contributed by atoms with Crippen molar-refractivity contribution in [3.8, 4) is 0 Å². The standard InChI is InChI=1S/C11H22N2O/c12-6-5-11(3-4-11)9-13-7-1-2-10(13)8-14/h10,14H,1-9,12H2. The van der Waals surface area contributed by atoms with Crippen LogP contribution in [0.3, 0.4) is 0 Å². The van der Waals surface area contributed by atoms with Gasteiger partial charge in [-0.1, -0.05) is 0 Å². The zero-order valence-electron chi connectivity index (χ0n) is 8.91.